The zero-order chi connectivity index (χ0) is 11.2. The molecule has 15 heavy (non-hydrogen) atoms. The molecule has 4 N–H and O–H groups in total. The highest BCUT2D eigenvalue weighted by Crippen LogP contribution is 2.39. The third-order valence-corrected chi connectivity index (χ3v) is 2.67. The molecule has 0 saturated heterocycles. The molecule has 1 aliphatic rings. The van der Waals surface area contributed by atoms with E-state index in [0.717, 1.165) is 0 Å². The molecule has 0 amide bonds. The van der Waals surface area contributed by atoms with E-state index in [-0.39, 0.29) is 12.0 Å². The van der Waals surface area contributed by atoms with Crippen LogP contribution >= 0.6 is 0 Å². The number of nitrogens with two attached hydrogens (primary N) is 1. The van der Waals surface area contributed by atoms with Gasteiger partial charge in [-0.05, 0) is 19.3 Å². The van der Waals surface area contributed by atoms with Crippen LogP contribution in [0.4, 0.5) is 8.78 Å². The molecule has 1 fully saturated rings. The summed E-state index contributed by atoms with van der Waals surface area (Å²) in [6.07, 6.45) is 1.39. The predicted molar refractivity (Wildman–Crippen MR) is 49.5 cm³/mol. The van der Waals surface area contributed by atoms with Crippen LogP contribution in [0.25, 0.3) is 0 Å². The molecule has 0 aromatic heterocycles. The highest BCUT2D eigenvalue weighted by atomic mass is 19.1. The summed E-state index contributed by atoms with van der Waals surface area (Å²) >= 11 is 0. The van der Waals surface area contributed by atoms with Gasteiger partial charge < -0.3 is 15.9 Å². The van der Waals surface area contributed by atoms with Gasteiger partial charge in [0.15, 0.2) is 23.1 Å². The van der Waals surface area contributed by atoms with Gasteiger partial charge in [0, 0.05) is 17.2 Å². The van der Waals surface area contributed by atoms with Crippen LogP contribution in [-0.2, 0) is 6.42 Å². The normalized spacial score (nSPS) is 17.8. The van der Waals surface area contributed by atoms with Crippen molar-refractivity contribution in [2.24, 2.45) is 5.73 Å². The van der Waals surface area contributed by atoms with Gasteiger partial charge in [0.25, 0.3) is 0 Å². The Labute approximate surface area is 85.1 Å². The van der Waals surface area contributed by atoms with Gasteiger partial charge in [-0.25, -0.2) is 8.78 Å². The lowest BCUT2D eigenvalue weighted by molar-refractivity contribution is 0.387. The first-order valence-corrected chi connectivity index (χ1v) is 4.61. The predicted octanol–water partition coefficient (Wildman–Crippen LogP) is 1.41. The Bertz CT molecular complexity index is 390. The van der Waals surface area contributed by atoms with Crippen LogP contribution in [0.5, 0.6) is 11.5 Å². The standard InChI is InChI=1S/C10H11F2NO2/c11-8-5(4-10(13)1-2-10)9(12)7(15)3-6(8)14/h3,14-15H,1-2,4,13H2. The van der Waals surface area contributed by atoms with Gasteiger partial charge in [0.05, 0.1) is 0 Å². The van der Waals surface area contributed by atoms with Crippen LogP contribution in [-0.4, -0.2) is 15.8 Å². The molecule has 0 bridgehead atoms. The number of phenols is 2. The molecule has 1 aromatic rings. The molecule has 0 atom stereocenters. The zero-order valence-electron chi connectivity index (χ0n) is 7.93. The average molecular weight is 215 g/mol. The molecular formula is C10H11F2NO2. The molecule has 0 unspecified atom stereocenters. The van der Waals surface area contributed by atoms with Crippen LogP contribution < -0.4 is 5.73 Å². The molecule has 0 heterocycles. The molecule has 5 heteroatoms. The largest absolute Gasteiger partial charge is 0.505 e. The zero-order valence-corrected chi connectivity index (χ0v) is 7.93. The van der Waals surface area contributed by atoms with Gasteiger partial charge in [-0.2, -0.15) is 0 Å². The number of aromatic hydroxyl groups is 2. The van der Waals surface area contributed by atoms with Crippen molar-refractivity contribution in [1.29, 1.82) is 0 Å². The summed E-state index contributed by atoms with van der Waals surface area (Å²) in [4.78, 5) is 0. The Morgan fingerprint density at radius 3 is 2.07 bits per heavy atom. The summed E-state index contributed by atoms with van der Waals surface area (Å²) in [5.74, 6) is -3.59. The fraction of sp³-hybridized carbons (Fsp3) is 0.400. The first-order chi connectivity index (χ1) is 6.93. The van der Waals surface area contributed by atoms with Crippen LogP contribution in [0.3, 0.4) is 0 Å². The molecule has 0 spiro atoms. The number of benzene rings is 1. The number of phenolic OH excluding ortho intramolecular Hbond substituents is 2. The van der Waals surface area contributed by atoms with Gasteiger partial charge in [-0.3, -0.25) is 0 Å². The van der Waals surface area contributed by atoms with Gasteiger partial charge >= 0.3 is 0 Å². The molecule has 82 valence electrons. The number of hydrogen-bond acceptors (Lipinski definition) is 3. The van der Waals surface area contributed by atoms with Crippen molar-refractivity contribution < 1.29 is 19.0 Å². The lowest BCUT2D eigenvalue weighted by Crippen LogP contribution is -2.25. The van der Waals surface area contributed by atoms with Crippen molar-refractivity contribution in [2.75, 3.05) is 0 Å². The summed E-state index contributed by atoms with van der Waals surface area (Å²) in [5.41, 5.74) is 4.80. The monoisotopic (exact) mass is 215 g/mol. The van der Waals surface area contributed by atoms with Crippen LogP contribution in [0.15, 0.2) is 6.07 Å². The Morgan fingerprint density at radius 1 is 1.20 bits per heavy atom. The van der Waals surface area contributed by atoms with Gasteiger partial charge in [-0.1, -0.05) is 0 Å². The highest BCUT2D eigenvalue weighted by Gasteiger charge is 2.40. The number of hydrogen-bond donors (Lipinski definition) is 3. The Balaban J connectivity index is 2.44. The average Bonchev–Trinajstić information content (AvgIpc) is 2.89. The maximum atomic E-state index is 13.3. The molecule has 0 radical (unpaired) electrons. The number of halogens is 2. The molecule has 1 aliphatic carbocycles. The van der Waals surface area contributed by atoms with Crippen molar-refractivity contribution >= 4 is 0 Å². The molecule has 1 aromatic carbocycles. The third kappa shape index (κ3) is 1.74. The van der Waals surface area contributed by atoms with Crippen LogP contribution in [0, 0.1) is 11.6 Å². The maximum Gasteiger partial charge on any atom is 0.171 e. The van der Waals surface area contributed by atoms with E-state index in [0.29, 0.717) is 18.9 Å². The fourth-order valence-corrected chi connectivity index (χ4v) is 1.51. The summed E-state index contributed by atoms with van der Waals surface area (Å²) in [6.45, 7) is 0. The molecule has 3 nitrogen and oxygen atoms in total. The summed E-state index contributed by atoms with van der Waals surface area (Å²) in [6, 6.07) is 0.643. The fourth-order valence-electron chi connectivity index (χ4n) is 1.51. The van der Waals surface area contributed by atoms with Gasteiger partial charge in [-0.15, -0.1) is 0 Å². The van der Waals surface area contributed by atoms with Crippen LogP contribution in [0.2, 0.25) is 0 Å². The first kappa shape index (κ1) is 10.2. The maximum absolute atomic E-state index is 13.3. The van der Waals surface area contributed by atoms with Gasteiger partial charge in [0.1, 0.15) is 0 Å². The summed E-state index contributed by atoms with van der Waals surface area (Å²) < 4.78 is 26.7. The third-order valence-electron chi connectivity index (χ3n) is 2.67. The minimum Gasteiger partial charge on any atom is -0.505 e. The Kier molecular flexibility index (Phi) is 2.08. The minimum atomic E-state index is -1.04. The lowest BCUT2D eigenvalue weighted by atomic mass is 10.0. The highest BCUT2D eigenvalue weighted by molar-refractivity contribution is 5.41. The lowest BCUT2D eigenvalue weighted by Gasteiger charge is -2.12. The van der Waals surface area contributed by atoms with E-state index in [1.54, 1.807) is 0 Å². The quantitative estimate of drug-likeness (QED) is 0.698. The Morgan fingerprint density at radius 2 is 1.67 bits per heavy atom. The van der Waals surface area contributed by atoms with E-state index in [9.17, 15) is 8.78 Å². The van der Waals surface area contributed by atoms with E-state index in [1.165, 1.54) is 0 Å². The summed E-state index contributed by atoms with van der Waals surface area (Å²) in [7, 11) is 0. The minimum absolute atomic E-state index is 0.00731. The van der Waals surface area contributed by atoms with Crippen molar-refractivity contribution in [1.82, 2.24) is 0 Å². The van der Waals surface area contributed by atoms with Crippen molar-refractivity contribution in [3.05, 3.63) is 23.3 Å². The molecular weight excluding hydrogens is 204 g/mol. The smallest absolute Gasteiger partial charge is 0.171 e. The van der Waals surface area contributed by atoms with E-state index < -0.39 is 28.7 Å². The van der Waals surface area contributed by atoms with E-state index in [2.05, 4.69) is 0 Å². The summed E-state index contributed by atoms with van der Waals surface area (Å²) in [5, 5.41) is 18.2. The van der Waals surface area contributed by atoms with Crippen molar-refractivity contribution in [3.63, 3.8) is 0 Å². The SMILES string of the molecule is NC1(Cc2c(F)c(O)cc(O)c2F)CC1. The number of rotatable bonds is 2. The van der Waals surface area contributed by atoms with Crippen molar-refractivity contribution in [3.8, 4) is 11.5 Å². The van der Waals surface area contributed by atoms with E-state index in [1.807, 2.05) is 0 Å². The second kappa shape index (κ2) is 3.06. The molecule has 2 rings (SSSR count). The second-order valence-corrected chi connectivity index (χ2v) is 4.06. The first-order valence-electron chi connectivity index (χ1n) is 4.61. The van der Waals surface area contributed by atoms with Gasteiger partial charge in [0.2, 0.25) is 0 Å². The Hall–Kier alpha value is -1.36. The van der Waals surface area contributed by atoms with Crippen molar-refractivity contribution in [2.45, 2.75) is 24.8 Å². The molecule has 1 saturated carbocycles. The topological polar surface area (TPSA) is 66.5 Å². The molecule has 0 aliphatic heterocycles. The second-order valence-electron chi connectivity index (χ2n) is 4.06. The van der Waals surface area contributed by atoms with Crippen LogP contribution in [0.1, 0.15) is 18.4 Å². The van der Waals surface area contributed by atoms with E-state index >= 15 is 0 Å². The van der Waals surface area contributed by atoms with E-state index in [4.69, 9.17) is 15.9 Å².